The van der Waals surface area contributed by atoms with Crippen molar-refractivity contribution in [1.82, 2.24) is 15.0 Å². The van der Waals surface area contributed by atoms with Crippen LogP contribution in [0.15, 0.2) is 10.8 Å². The summed E-state index contributed by atoms with van der Waals surface area (Å²) >= 11 is 2.87. The Balaban J connectivity index is 2.85. The summed E-state index contributed by atoms with van der Waals surface area (Å²) < 4.78 is 23.5. The average Bonchev–Trinajstić information content (AvgIpc) is 2.14. The molecule has 0 N–H and O–H groups in total. The van der Waals surface area contributed by atoms with Gasteiger partial charge in [0.2, 0.25) is 0 Å². The van der Waals surface area contributed by atoms with Gasteiger partial charge in [0.25, 0.3) is 0 Å². The molecule has 0 aliphatic rings. The Morgan fingerprint density at radius 2 is 2.33 bits per heavy atom. The zero-order chi connectivity index (χ0) is 6.85. The van der Waals surface area contributed by atoms with Gasteiger partial charge in [-0.1, -0.05) is 0 Å². The summed E-state index contributed by atoms with van der Waals surface area (Å²) in [5.74, 6) is 0. The molecule has 0 radical (unpaired) electrons. The van der Waals surface area contributed by atoms with E-state index < -0.39 is 6.55 Å². The third-order valence-corrected chi connectivity index (χ3v) is 1.02. The second kappa shape index (κ2) is 2.38. The van der Waals surface area contributed by atoms with Crippen LogP contribution in [0.25, 0.3) is 0 Å². The van der Waals surface area contributed by atoms with Gasteiger partial charge in [-0.2, -0.15) is 13.9 Å². The highest BCUT2D eigenvalue weighted by Crippen LogP contribution is 2.08. The first-order valence-corrected chi connectivity index (χ1v) is 2.85. The number of hydrogen-bond donors (Lipinski definition) is 0. The second-order valence-corrected chi connectivity index (χ2v) is 2.08. The van der Waals surface area contributed by atoms with Gasteiger partial charge in [0, 0.05) is 0 Å². The highest BCUT2D eigenvalue weighted by atomic mass is 79.9. The summed E-state index contributed by atoms with van der Waals surface area (Å²) in [5, 5.41) is 6.51. The largest absolute Gasteiger partial charge is 0.348 e. The Labute approximate surface area is 57.8 Å². The molecule has 0 saturated carbocycles. The molecule has 0 aromatic carbocycles. The molecule has 0 unspecified atom stereocenters. The summed E-state index contributed by atoms with van der Waals surface area (Å²) in [5.41, 5.74) is 0. The van der Waals surface area contributed by atoms with Crippen LogP contribution in [0.3, 0.4) is 0 Å². The Hall–Kier alpha value is -0.520. The summed E-state index contributed by atoms with van der Waals surface area (Å²) in [7, 11) is 0. The minimum Gasteiger partial charge on any atom is -0.182 e. The smallest absolute Gasteiger partial charge is 0.182 e. The predicted octanol–water partition coefficient (Wildman–Crippen LogP) is 1.44. The van der Waals surface area contributed by atoms with Crippen molar-refractivity contribution in [3.8, 4) is 0 Å². The highest BCUT2D eigenvalue weighted by molar-refractivity contribution is 9.10. The number of rotatable bonds is 1. The Morgan fingerprint density at radius 3 is 2.56 bits per heavy atom. The molecule has 1 aromatic heterocycles. The maximum atomic E-state index is 11.6. The maximum absolute atomic E-state index is 11.6. The fraction of sp³-hybridized carbons (Fsp3) is 0.333. The van der Waals surface area contributed by atoms with Crippen LogP contribution >= 0.6 is 15.9 Å². The third-order valence-electron chi connectivity index (χ3n) is 0.655. The van der Waals surface area contributed by atoms with Gasteiger partial charge in [-0.05, 0) is 15.9 Å². The van der Waals surface area contributed by atoms with E-state index in [0.717, 1.165) is 0 Å². The minimum atomic E-state index is -2.66. The van der Waals surface area contributed by atoms with Crippen molar-refractivity contribution in [2.45, 2.75) is 6.55 Å². The van der Waals surface area contributed by atoms with E-state index in [9.17, 15) is 8.78 Å². The van der Waals surface area contributed by atoms with Crippen LogP contribution in [0.5, 0.6) is 0 Å². The fourth-order valence-electron chi connectivity index (χ4n) is 0.350. The van der Waals surface area contributed by atoms with Gasteiger partial charge in [-0.15, -0.1) is 9.90 Å². The first-order valence-electron chi connectivity index (χ1n) is 2.05. The Morgan fingerprint density at radius 1 is 1.67 bits per heavy atom. The molecule has 3 nitrogen and oxygen atoms in total. The molecule has 0 bridgehead atoms. The van der Waals surface area contributed by atoms with Crippen molar-refractivity contribution in [3.05, 3.63) is 10.8 Å². The topological polar surface area (TPSA) is 30.7 Å². The number of hydrogen-bond acceptors (Lipinski definition) is 2. The van der Waals surface area contributed by atoms with Crippen LogP contribution in [0, 0.1) is 0 Å². The molecule has 0 atom stereocenters. The predicted molar refractivity (Wildman–Crippen MR) is 29.0 cm³/mol. The van der Waals surface area contributed by atoms with E-state index in [1.165, 1.54) is 6.20 Å². The average molecular weight is 198 g/mol. The number of aromatic nitrogens is 3. The molecule has 1 heterocycles. The van der Waals surface area contributed by atoms with Gasteiger partial charge in [0.1, 0.15) is 4.60 Å². The molecule has 0 fully saturated rings. The minimum absolute atomic E-state index is 0.308. The molecule has 0 aliphatic carbocycles. The standard InChI is InChI=1S/C3H2BrF2N3/c4-2-1-7-9(8-2)3(5)6/h1,3H. The lowest BCUT2D eigenvalue weighted by molar-refractivity contribution is 0.0410. The van der Waals surface area contributed by atoms with E-state index in [-0.39, 0.29) is 0 Å². The van der Waals surface area contributed by atoms with Gasteiger partial charge < -0.3 is 0 Å². The Bertz CT molecular complexity index is 199. The van der Waals surface area contributed by atoms with E-state index in [1.807, 2.05) is 0 Å². The number of halogens is 3. The van der Waals surface area contributed by atoms with Crippen molar-refractivity contribution < 1.29 is 8.78 Å². The zero-order valence-corrected chi connectivity index (χ0v) is 5.72. The summed E-state index contributed by atoms with van der Waals surface area (Å²) in [6.07, 6.45) is 1.20. The molecule has 9 heavy (non-hydrogen) atoms. The van der Waals surface area contributed by atoms with Gasteiger partial charge in [-0.3, -0.25) is 0 Å². The van der Waals surface area contributed by atoms with Crippen molar-refractivity contribution in [2.24, 2.45) is 0 Å². The fourth-order valence-corrected chi connectivity index (χ4v) is 0.604. The van der Waals surface area contributed by atoms with Gasteiger partial charge in [-0.25, -0.2) is 0 Å². The summed E-state index contributed by atoms with van der Waals surface area (Å²) in [4.78, 5) is 0.323. The van der Waals surface area contributed by atoms with E-state index in [1.54, 1.807) is 0 Å². The van der Waals surface area contributed by atoms with Crippen molar-refractivity contribution in [2.75, 3.05) is 0 Å². The molecular weight excluding hydrogens is 196 g/mol. The maximum Gasteiger partial charge on any atom is 0.348 e. The van der Waals surface area contributed by atoms with Crippen LogP contribution < -0.4 is 0 Å². The summed E-state index contributed by atoms with van der Waals surface area (Å²) in [6.45, 7) is -2.66. The molecule has 50 valence electrons. The van der Waals surface area contributed by atoms with Crippen LogP contribution in [0.4, 0.5) is 8.78 Å². The molecule has 1 aromatic rings. The van der Waals surface area contributed by atoms with Crippen LogP contribution in [0.1, 0.15) is 6.55 Å². The normalized spacial score (nSPS) is 10.7. The van der Waals surface area contributed by atoms with Crippen LogP contribution in [-0.2, 0) is 0 Å². The van der Waals surface area contributed by atoms with Crippen molar-refractivity contribution in [1.29, 1.82) is 0 Å². The molecule has 6 heteroatoms. The SMILES string of the molecule is FC(F)n1ncc(Br)n1. The molecule has 0 amide bonds. The van der Waals surface area contributed by atoms with Gasteiger partial charge in [0.15, 0.2) is 0 Å². The van der Waals surface area contributed by atoms with Crippen LogP contribution in [-0.4, -0.2) is 15.0 Å². The number of nitrogens with zero attached hydrogens (tertiary/aromatic N) is 3. The van der Waals surface area contributed by atoms with E-state index in [0.29, 0.717) is 9.40 Å². The monoisotopic (exact) mass is 197 g/mol. The lowest BCUT2D eigenvalue weighted by Crippen LogP contribution is -2.01. The second-order valence-electron chi connectivity index (χ2n) is 1.27. The zero-order valence-electron chi connectivity index (χ0n) is 4.13. The highest BCUT2D eigenvalue weighted by Gasteiger charge is 2.06. The molecule has 0 spiro atoms. The van der Waals surface area contributed by atoms with Gasteiger partial charge >= 0.3 is 6.55 Å². The first-order chi connectivity index (χ1) is 4.20. The van der Waals surface area contributed by atoms with E-state index >= 15 is 0 Å². The molecular formula is C3H2BrF2N3. The van der Waals surface area contributed by atoms with E-state index in [2.05, 4.69) is 26.1 Å². The lowest BCUT2D eigenvalue weighted by atomic mass is 11.0. The summed E-state index contributed by atoms with van der Waals surface area (Å²) in [6, 6.07) is 0. The van der Waals surface area contributed by atoms with Crippen molar-refractivity contribution in [3.63, 3.8) is 0 Å². The van der Waals surface area contributed by atoms with Crippen LogP contribution in [0.2, 0.25) is 0 Å². The molecule has 0 saturated heterocycles. The molecule has 0 aliphatic heterocycles. The van der Waals surface area contributed by atoms with Gasteiger partial charge in [0.05, 0.1) is 6.20 Å². The Kier molecular flexibility index (Phi) is 1.75. The number of alkyl halides is 2. The van der Waals surface area contributed by atoms with E-state index in [4.69, 9.17) is 0 Å². The van der Waals surface area contributed by atoms with Crippen molar-refractivity contribution >= 4 is 15.9 Å². The molecule has 1 rings (SSSR count). The first kappa shape index (κ1) is 6.60. The third kappa shape index (κ3) is 1.44. The quantitative estimate of drug-likeness (QED) is 0.683. The lowest BCUT2D eigenvalue weighted by Gasteiger charge is -1.91.